The summed E-state index contributed by atoms with van der Waals surface area (Å²) in [6.07, 6.45) is 1.78. The van der Waals surface area contributed by atoms with Gasteiger partial charge in [-0.1, -0.05) is 26.8 Å². The first kappa shape index (κ1) is 27.0. The largest absolute Gasteiger partial charge is 0.352 e. The van der Waals surface area contributed by atoms with Gasteiger partial charge in [-0.2, -0.15) is 0 Å². The molecule has 0 saturated heterocycles. The smallest absolute Gasteiger partial charge is 0.256 e. The van der Waals surface area contributed by atoms with E-state index in [2.05, 4.69) is 16.0 Å². The van der Waals surface area contributed by atoms with Gasteiger partial charge in [0, 0.05) is 35.0 Å². The van der Waals surface area contributed by atoms with E-state index in [1.807, 2.05) is 20.8 Å². The van der Waals surface area contributed by atoms with Crippen LogP contribution < -0.4 is 16.0 Å². The second-order valence-corrected chi connectivity index (χ2v) is 10.8. The maximum absolute atomic E-state index is 15.0. The number of halogens is 2. The molecule has 3 amide bonds. The second kappa shape index (κ2) is 10.7. The van der Waals surface area contributed by atoms with E-state index in [4.69, 9.17) is 0 Å². The van der Waals surface area contributed by atoms with E-state index in [9.17, 15) is 23.2 Å². The molecule has 0 bridgehead atoms. The quantitative estimate of drug-likeness (QED) is 0.365. The van der Waals surface area contributed by atoms with Crippen LogP contribution in [0.5, 0.6) is 0 Å². The highest BCUT2D eigenvalue weighted by Crippen LogP contribution is 2.32. The number of amides is 3. The third-order valence-electron chi connectivity index (χ3n) is 6.22. The maximum Gasteiger partial charge on any atom is 0.256 e. The average Bonchev–Trinajstić information content (AvgIpc) is 3.68. The molecular weight excluding hydrogens is 488 g/mol. The van der Waals surface area contributed by atoms with Crippen LogP contribution in [0.2, 0.25) is 0 Å². The van der Waals surface area contributed by atoms with Crippen LogP contribution in [0.3, 0.4) is 0 Å². The molecule has 0 aliphatic heterocycles. The van der Waals surface area contributed by atoms with Crippen LogP contribution in [-0.2, 0) is 0 Å². The van der Waals surface area contributed by atoms with Crippen LogP contribution in [0.4, 0.5) is 14.5 Å². The minimum absolute atomic E-state index is 0.0956. The fourth-order valence-corrected chi connectivity index (χ4v) is 3.87. The van der Waals surface area contributed by atoms with Gasteiger partial charge in [-0.15, -0.1) is 0 Å². The van der Waals surface area contributed by atoms with Crippen molar-refractivity contribution in [3.05, 3.63) is 88.5 Å². The Hall–Kier alpha value is -4.07. The highest BCUT2D eigenvalue weighted by Gasteiger charge is 2.26. The van der Waals surface area contributed by atoms with Crippen molar-refractivity contribution < 1.29 is 23.2 Å². The van der Waals surface area contributed by atoms with Gasteiger partial charge >= 0.3 is 0 Å². The van der Waals surface area contributed by atoms with Crippen molar-refractivity contribution in [2.75, 3.05) is 11.9 Å². The van der Waals surface area contributed by atoms with Crippen molar-refractivity contribution in [2.24, 2.45) is 5.41 Å². The van der Waals surface area contributed by atoms with E-state index in [-0.39, 0.29) is 45.5 Å². The third-order valence-corrected chi connectivity index (χ3v) is 6.22. The Morgan fingerprint density at radius 3 is 2.16 bits per heavy atom. The number of nitrogens with one attached hydrogen (secondary N) is 3. The first-order valence-corrected chi connectivity index (χ1v) is 12.5. The molecule has 0 heterocycles. The summed E-state index contributed by atoms with van der Waals surface area (Å²) < 4.78 is 28.4. The van der Waals surface area contributed by atoms with Crippen LogP contribution in [0.25, 0.3) is 11.1 Å². The Balaban J connectivity index is 1.76. The molecule has 0 spiro atoms. The van der Waals surface area contributed by atoms with Crippen molar-refractivity contribution >= 4 is 23.4 Å². The van der Waals surface area contributed by atoms with Crippen LogP contribution in [-0.4, -0.2) is 30.3 Å². The number of carbonyl (C=O) groups is 3. The lowest BCUT2D eigenvalue weighted by Gasteiger charge is -2.19. The molecule has 0 aromatic heterocycles. The van der Waals surface area contributed by atoms with Crippen LogP contribution in [0.15, 0.2) is 54.6 Å². The van der Waals surface area contributed by atoms with Crippen molar-refractivity contribution in [1.82, 2.24) is 10.6 Å². The molecule has 6 nitrogen and oxygen atoms in total. The van der Waals surface area contributed by atoms with E-state index in [0.717, 1.165) is 12.8 Å². The second-order valence-electron chi connectivity index (χ2n) is 10.8. The number of benzene rings is 3. The molecule has 0 atom stereocenters. The van der Waals surface area contributed by atoms with E-state index < -0.39 is 17.5 Å². The molecule has 3 aromatic rings. The number of carbonyl (C=O) groups excluding carboxylic acids is 3. The van der Waals surface area contributed by atoms with Crippen LogP contribution in [0, 0.1) is 24.0 Å². The van der Waals surface area contributed by atoms with E-state index in [1.165, 1.54) is 36.4 Å². The normalized spacial score (nSPS) is 13.1. The van der Waals surface area contributed by atoms with Gasteiger partial charge in [0.2, 0.25) is 0 Å². The lowest BCUT2D eigenvalue weighted by molar-refractivity contribution is 0.0935. The van der Waals surface area contributed by atoms with Crippen molar-refractivity contribution in [2.45, 2.75) is 46.6 Å². The summed E-state index contributed by atoms with van der Waals surface area (Å²) >= 11 is 0. The SMILES string of the molecule is Cc1c(F)cc(C(=O)NC2CC2)cc1-c1ccc(C(=O)NCC(C)(C)C)cc1C(=O)Nc1ccc(F)cc1. The van der Waals surface area contributed by atoms with Crippen molar-refractivity contribution in [3.63, 3.8) is 0 Å². The monoisotopic (exact) mass is 519 g/mol. The minimum atomic E-state index is -0.583. The summed E-state index contributed by atoms with van der Waals surface area (Å²) in [5.74, 6) is -2.34. The molecule has 1 fully saturated rings. The highest BCUT2D eigenvalue weighted by atomic mass is 19.1. The lowest BCUT2D eigenvalue weighted by Crippen LogP contribution is -2.32. The summed E-state index contributed by atoms with van der Waals surface area (Å²) in [5, 5.41) is 8.43. The Bertz CT molecular complexity index is 1390. The summed E-state index contributed by atoms with van der Waals surface area (Å²) in [7, 11) is 0. The van der Waals surface area contributed by atoms with Crippen molar-refractivity contribution in [3.8, 4) is 11.1 Å². The lowest BCUT2D eigenvalue weighted by atomic mass is 9.91. The molecule has 4 rings (SSSR count). The Kier molecular flexibility index (Phi) is 7.62. The third kappa shape index (κ3) is 6.62. The molecule has 8 heteroatoms. The Morgan fingerprint density at radius 1 is 0.842 bits per heavy atom. The summed E-state index contributed by atoms with van der Waals surface area (Å²) in [6, 6.07) is 12.7. The zero-order chi connectivity index (χ0) is 27.6. The van der Waals surface area contributed by atoms with Gasteiger partial charge in [-0.3, -0.25) is 14.4 Å². The van der Waals surface area contributed by atoms with E-state index >= 15 is 0 Å². The predicted octanol–water partition coefficient (Wildman–Crippen LogP) is 5.86. The molecular formula is C30H31F2N3O3. The Morgan fingerprint density at radius 2 is 1.53 bits per heavy atom. The van der Waals surface area contributed by atoms with Gasteiger partial charge in [0.25, 0.3) is 17.7 Å². The van der Waals surface area contributed by atoms with Gasteiger partial charge in [-0.05, 0) is 90.4 Å². The predicted molar refractivity (Wildman–Crippen MR) is 143 cm³/mol. The van der Waals surface area contributed by atoms with Gasteiger partial charge in [0.1, 0.15) is 11.6 Å². The number of rotatable bonds is 7. The Labute approximate surface area is 220 Å². The van der Waals surface area contributed by atoms with Crippen LogP contribution >= 0.6 is 0 Å². The molecule has 0 radical (unpaired) electrons. The topological polar surface area (TPSA) is 87.3 Å². The standard InChI is InChI=1S/C30H31F2N3O3/c1-17-24(14-19(15-26(17)32)28(37)34-22-10-11-22)23-12-5-18(27(36)33-16-30(2,3)4)13-25(23)29(38)35-21-8-6-20(31)7-9-21/h5-9,12-15,22H,10-11,16H2,1-4H3,(H,33,36)(H,34,37)(H,35,38). The van der Waals surface area contributed by atoms with Gasteiger partial charge in [-0.25, -0.2) is 8.78 Å². The zero-order valence-corrected chi connectivity index (χ0v) is 21.9. The highest BCUT2D eigenvalue weighted by molar-refractivity contribution is 6.11. The molecule has 38 heavy (non-hydrogen) atoms. The van der Waals surface area contributed by atoms with Gasteiger partial charge in [0.15, 0.2) is 0 Å². The molecule has 1 aliphatic carbocycles. The van der Waals surface area contributed by atoms with Gasteiger partial charge in [0.05, 0.1) is 0 Å². The number of hydrogen-bond donors (Lipinski definition) is 3. The first-order valence-electron chi connectivity index (χ1n) is 12.5. The molecule has 1 saturated carbocycles. The molecule has 0 unspecified atom stereocenters. The first-order chi connectivity index (χ1) is 17.9. The molecule has 3 N–H and O–H groups in total. The molecule has 1 aliphatic rings. The van der Waals surface area contributed by atoms with E-state index in [0.29, 0.717) is 23.4 Å². The van der Waals surface area contributed by atoms with Crippen molar-refractivity contribution in [1.29, 1.82) is 0 Å². The molecule has 198 valence electrons. The minimum Gasteiger partial charge on any atom is -0.352 e. The maximum atomic E-state index is 15.0. The van der Waals surface area contributed by atoms with Crippen LogP contribution in [0.1, 0.15) is 70.3 Å². The number of hydrogen-bond acceptors (Lipinski definition) is 3. The fraction of sp³-hybridized carbons (Fsp3) is 0.300. The number of anilines is 1. The van der Waals surface area contributed by atoms with Gasteiger partial charge < -0.3 is 16.0 Å². The summed E-state index contributed by atoms with van der Waals surface area (Å²) in [5.41, 5.74) is 1.69. The zero-order valence-electron chi connectivity index (χ0n) is 21.9. The summed E-state index contributed by atoms with van der Waals surface area (Å²) in [6.45, 7) is 7.96. The average molecular weight is 520 g/mol. The molecule has 3 aromatic carbocycles. The summed E-state index contributed by atoms with van der Waals surface area (Å²) in [4.78, 5) is 39.0. The fourth-order valence-electron chi connectivity index (χ4n) is 3.87. The van der Waals surface area contributed by atoms with E-state index in [1.54, 1.807) is 25.1 Å².